The molecule has 0 unspecified atom stereocenters. The van der Waals surface area contributed by atoms with Gasteiger partial charge in [0.2, 0.25) is 0 Å². The lowest BCUT2D eigenvalue weighted by Gasteiger charge is -2.02. The number of imidazole rings is 1. The number of hydrogen-bond acceptors (Lipinski definition) is 6. The second-order valence-corrected chi connectivity index (χ2v) is 6.11. The summed E-state index contributed by atoms with van der Waals surface area (Å²) < 4.78 is 0. The molecule has 0 amide bonds. The van der Waals surface area contributed by atoms with Crippen molar-refractivity contribution in [2.24, 2.45) is 0 Å². The van der Waals surface area contributed by atoms with Crippen LogP contribution < -0.4 is 0 Å². The summed E-state index contributed by atoms with van der Waals surface area (Å²) in [7, 11) is 0. The quantitative estimate of drug-likeness (QED) is 0.378. The maximum Gasteiger partial charge on any atom is 0.288 e. The van der Waals surface area contributed by atoms with Gasteiger partial charge in [0, 0.05) is 28.8 Å². The van der Waals surface area contributed by atoms with Crippen LogP contribution in [0.1, 0.15) is 11.4 Å². The van der Waals surface area contributed by atoms with E-state index >= 15 is 0 Å². The van der Waals surface area contributed by atoms with Crippen LogP contribution in [0.2, 0.25) is 10.0 Å². The molecule has 11 heteroatoms. The molecule has 0 aliphatic heterocycles. The maximum absolute atomic E-state index is 11.0. The smallest absolute Gasteiger partial charge is 0.288 e. The van der Waals surface area contributed by atoms with Gasteiger partial charge < -0.3 is 4.98 Å². The van der Waals surface area contributed by atoms with E-state index in [1.807, 2.05) is 6.07 Å². The highest BCUT2D eigenvalue weighted by atomic mass is 35.5. The van der Waals surface area contributed by atoms with E-state index in [2.05, 4.69) is 9.97 Å². The molecule has 3 aromatic rings. The lowest BCUT2D eigenvalue weighted by molar-refractivity contribution is -0.384. The third kappa shape index (κ3) is 3.57. The van der Waals surface area contributed by atoms with Gasteiger partial charge in [-0.2, -0.15) is 5.26 Å². The van der Waals surface area contributed by atoms with Crippen molar-refractivity contribution in [3.8, 4) is 6.07 Å². The maximum atomic E-state index is 11.0. The van der Waals surface area contributed by atoms with Crippen LogP contribution in [0.3, 0.4) is 0 Å². The van der Waals surface area contributed by atoms with Crippen LogP contribution in [0.5, 0.6) is 0 Å². The molecule has 2 aromatic carbocycles. The van der Waals surface area contributed by atoms with Crippen molar-refractivity contribution < 1.29 is 9.85 Å². The zero-order valence-corrected chi connectivity index (χ0v) is 14.7. The predicted octanol–water partition coefficient (Wildman–Crippen LogP) is 4.75. The van der Waals surface area contributed by atoms with Crippen molar-refractivity contribution >= 4 is 57.3 Å². The Bertz CT molecular complexity index is 1180. The summed E-state index contributed by atoms with van der Waals surface area (Å²) in [6.45, 7) is 0. The van der Waals surface area contributed by atoms with E-state index in [0.717, 1.165) is 6.07 Å². The molecule has 0 saturated carbocycles. The van der Waals surface area contributed by atoms with E-state index in [9.17, 15) is 25.5 Å². The van der Waals surface area contributed by atoms with Crippen LogP contribution in [-0.4, -0.2) is 19.8 Å². The normalized spacial score (nSPS) is 11.4. The zero-order valence-electron chi connectivity index (χ0n) is 13.1. The number of nitrogens with one attached hydrogen (secondary N) is 1. The van der Waals surface area contributed by atoms with Gasteiger partial charge in [-0.05, 0) is 18.2 Å². The summed E-state index contributed by atoms with van der Waals surface area (Å²) in [5.74, 6) is 0.140. The minimum atomic E-state index is -0.664. The Morgan fingerprint density at radius 1 is 1.15 bits per heavy atom. The first-order chi connectivity index (χ1) is 12.8. The molecule has 0 atom stereocenters. The van der Waals surface area contributed by atoms with Gasteiger partial charge >= 0.3 is 0 Å². The standard InChI is InChI=1S/C16H7Cl2N5O4/c17-11-6-12(18)15(23(26)27)4-8(11)3-9(7-19)16-20-13-2-1-10(22(24)25)5-14(13)21-16/h1-6H,(H,20,21)/b9-3+. The van der Waals surface area contributed by atoms with Crippen LogP contribution in [0, 0.1) is 31.6 Å². The topological polar surface area (TPSA) is 139 Å². The second-order valence-electron chi connectivity index (χ2n) is 5.30. The molecule has 0 spiro atoms. The van der Waals surface area contributed by atoms with Crippen molar-refractivity contribution in [3.63, 3.8) is 0 Å². The Morgan fingerprint density at radius 3 is 2.52 bits per heavy atom. The number of aromatic amines is 1. The van der Waals surface area contributed by atoms with Gasteiger partial charge in [-0.25, -0.2) is 4.98 Å². The number of rotatable bonds is 4. The fourth-order valence-corrected chi connectivity index (χ4v) is 2.86. The summed E-state index contributed by atoms with van der Waals surface area (Å²) >= 11 is 11.9. The number of non-ortho nitro benzene ring substituents is 1. The van der Waals surface area contributed by atoms with Crippen molar-refractivity contribution in [1.82, 2.24) is 9.97 Å². The van der Waals surface area contributed by atoms with Gasteiger partial charge in [0.15, 0.2) is 0 Å². The van der Waals surface area contributed by atoms with Gasteiger partial charge in [0.25, 0.3) is 11.4 Å². The summed E-state index contributed by atoms with van der Waals surface area (Å²) in [5.41, 5.74) is 0.544. The number of benzene rings is 2. The molecule has 3 rings (SSSR count). The van der Waals surface area contributed by atoms with E-state index in [0.29, 0.717) is 11.0 Å². The molecule has 9 nitrogen and oxygen atoms in total. The summed E-state index contributed by atoms with van der Waals surface area (Å²) in [6, 6.07) is 8.32. The Labute approximate surface area is 160 Å². The molecular weight excluding hydrogens is 397 g/mol. The molecule has 0 aliphatic carbocycles. The van der Waals surface area contributed by atoms with Crippen molar-refractivity contribution in [1.29, 1.82) is 5.26 Å². The highest BCUT2D eigenvalue weighted by Crippen LogP contribution is 2.33. The van der Waals surface area contributed by atoms with E-state index in [-0.39, 0.29) is 38.4 Å². The predicted molar refractivity (Wildman–Crippen MR) is 99.3 cm³/mol. The largest absolute Gasteiger partial charge is 0.337 e. The fraction of sp³-hybridized carbons (Fsp3) is 0. The molecule has 27 heavy (non-hydrogen) atoms. The van der Waals surface area contributed by atoms with Crippen LogP contribution in [-0.2, 0) is 0 Å². The highest BCUT2D eigenvalue weighted by Gasteiger charge is 2.17. The highest BCUT2D eigenvalue weighted by molar-refractivity contribution is 6.37. The Balaban J connectivity index is 2.11. The summed E-state index contributed by atoms with van der Waals surface area (Å²) in [6.07, 6.45) is 1.32. The average Bonchev–Trinajstić information content (AvgIpc) is 3.03. The molecule has 0 fully saturated rings. The van der Waals surface area contributed by atoms with Crippen molar-refractivity contribution in [3.05, 3.63) is 72.0 Å². The molecule has 0 bridgehead atoms. The first kappa shape index (κ1) is 18.3. The third-order valence-corrected chi connectivity index (χ3v) is 4.24. The van der Waals surface area contributed by atoms with Gasteiger partial charge in [-0.3, -0.25) is 20.2 Å². The Hall–Kier alpha value is -3.48. The van der Waals surface area contributed by atoms with Crippen LogP contribution in [0.4, 0.5) is 11.4 Å². The molecule has 0 saturated heterocycles. The second kappa shape index (κ2) is 7.03. The third-order valence-electron chi connectivity index (χ3n) is 3.61. The van der Waals surface area contributed by atoms with Gasteiger partial charge in [0.05, 0.1) is 26.5 Å². The number of hydrogen-bond donors (Lipinski definition) is 1. The number of nitro groups is 2. The van der Waals surface area contributed by atoms with Gasteiger partial charge in [-0.1, -0.05) is 23.2 Å². The monoisotopic (exact) mass is 403 g/mol. The van der Waals surface area contributed by atoms with Crippen LogP contribution in [0.15, 0.2) is 30.3 Å². The average molecular weight is 404 g/mol. The minimum absolute atomic E-state index is 0.0346. The van der Waals surface area contributed by atoms with Gasteiger partial charge in [-0.15, -0.1) is 0 Å². The summed E-state index contributed by atoms with van der Waals surface area (Å²) in [4.78, 5) is 27.7. The number of nitrogens with zero attached hydrogens (tertiary/aromatic N) is 4. The van der Waals surface area contributed by atoms with Crippen molar-refractivity contribution in [2.75, 3.05) is 0 Å². The number of nitro benzene ring substituents is 2. The number of nitriles is 1. The first-order valence-electron chi connectivity index (χ1n) is 7.20. The van der Waals surface area contributed by atoms with E-state index < -0.39 is 9.85 Å². The number of allylic oxidation sites excluding steroid dienone is 1. The van der Waals surface area contributed by atoms with E-state index in [1.54, 1.807) is 0 Å². The lowest BCUT2D eigenvalue weighted by Crippen LogP contribution is -1.91. The molecule has 134 valence electrons. The zero-order chi connectivity index (χ0) is 19.7. The minimum Gasteiger partial charge on any atom is -0.337 e. The molecule has 1 N–H and O–H groups in total. The number of H-pyrrole nitrogens is 1. The molecule has 1 aromatic heterocycles. The fourth-order valence-electron chi connectivity index (χ4n) is 2.35. The Morgan fingerprint density at radius 2 is 1.89 bits per heavy atom. The van der Waals surface area contributed by atoms with E-state index in [4.69, 9.17) is 23.2 Å². The molecular formula is C16H7Cl2N5O4. The number of halogens is 2. The molecule has 0 radical (unpaired) electrons. The van der Waals surface area contributed by atoms with E-state index in [1.165, 1.54) is 30.3 Å². The Kier molecular flexibility index (Phi) is 4.77. The van der Waals surface area contributed by atoms with Crippen molar-refractivity contribution in [2.45, 2.75) is 0 Å². The molecule has 1 heterocycles. The summed E-state index contributed by atoms with van der Waals surface area (Å²) in [5, 5.41) is 31.3. The number of aromatic nitrogens is 2. The van der Waals surface area contributed by atoms with Gasteiger partial charge in [0.1, 0.15) is 16.9 Å². The lowest BCUT2D eigenvalue weighted by atomic mass is 10.1. The first-order valence-corrected chi connectivity index (χ1v) is 7.95. The van der Waals surface area contributed by atoms with Crippen LogP contribution in [0.25, 0.3) is 22.7 Å². The SMILES string of the molecule is N#C/C(=C\c1cc([N+](=O)[O-])c(Cl)cc1Cl)c1nc2ccc([N+](=O)[O-])cc2[nH]1. The molecule has 0 aliphatic rings. The van der Waals surface area contributed by atoms with Crippen LogP contribution >= 0.6 is 23.2 Å². The number of fused-ring (bicyclic) bond motifs is 1.